The highest BCUT2D eigenvalue weighted by Crippen LogP contribution is 2.50. The Bertz CT molecular complexity index is 1790. The van der Waals surface area contributed by atoms with Crippen LogP contribution in [-0.2, 0) is 10.4 Å². The lowest BCUT2D eigenvalue weighted by Crippen LogP contribution is -2.07. The van der Waals surface area contributed by atoms with Gasteiger partial charge in [0, 0.05) is 10.8 Å². The van der Waals surface area contributed by atoms with E-state index in [1.165, 1.54) is 21.5 Å². The maximum Gasteiger partial charge on any atom is 0.446 e. The van der Waals surface area contributed by atoms with E-state index in [0.717, 1.165) is 37.7 Å². The molecule has 0 heterocycles. The summed E-state index contributed by atoms with van der Waals surface area (Å²) in [5.41, 5.74) is 0. The molecule has 7 rings (SSSR count). The molecule has 7 aromatic rings. The fourth-order valence-electron chi connectivity index (χ4n) is 5.14. The van der Waals surface area contributed by atoms with Gasteiger partial charge in [-0.05, 0) is 66.0 Å². The third-order valence-electron chi connectivity index (χ3n) is 6.16. The predicted molar refractivity (Wildman–Crippen MR) is 117 cm³/mol. The fraction of sp³-hybridized carbons (Fsp3) is 0. The lowest BCUT2D eigenvalue weighted by atomic mass is 9.83. The zero-order valence-corrected chi connectivity index (χ0v) is 15.7. The van der Waals surface area contributed by atoms with Crippen molar-refractivity contribution in [3.05, 3.63) is 66.7 Å². The highest BCUT2D eigenvalue weighted by Gasteiger charge is 2.22. The maximum atomic E-state index is 11.5. The van der Waals surface area contributed by atoms with E-state index in [-0.39, 0.29) is 5.75 Å². The van der Waals surface area contributed by atoms with Gasteiger partial charge in [-0.3, -0.25) is 4.55 Å². The minimum absolute atomic E-state index is 0.139. The summed E-state index contributed by atoms with van der Waals surface area (Å²) >= 11 is 0. The first-order valence-electron chi connectivity index (χ1n) is 9.27. The van der Waals surface area contributed by atoms with Crippen molar-refractivity contribution in [1.82, 2.24) is 0 Å². The highest BCUT2D eigenvalue weighted by molar-refractivity contribution is 7.81. The third kappa shape index (κ3) is 1.84. The summed E-state index contributed by atoms with van der Waals surface area (Å²) in [6.45, 7) is 0. The van der Waals surface area contributed by atoms with Crippen molar-refractivity contribution in [3.8, 4) is 5.75 Å². The van der Waals surface area contributed by atoms with E-state index < -0.39 is 10.4 Å². The molecule has 4 nitrogen and oxygen atoms in total. The smallest absolute Gasteiger partial charge is 0.361 e. The van der Waals surface area contributed by atoms with Crippen LogP contribution in [0.5, 0.6) is 5.75 Å². The molecule has 0 aliphatic heterocycles. The van der Waals surface area contributed by atoms with Gasteiger partial charge < -0.3 is 4.18 Å². The minimum Gasteiger partial charge on any atom is -0.361 e. The first kappa shape index (κ1) is 15.5. The molecular weight excluding hydrogens is 384 g/mol. The molecule has 0 bridgehead atoms. The van der Waals surface area contributed by atoms with Crippen LogP contribution in [0.4, 0.5) is 0 Å². The molecule has 0 fully saturated rings. The van der Waals surface area contributed by atoms with Crippen LogP contribution in [0.1, 0.15) is 0 Å². The zero-order valence-electron chi connectivity index (χ0n) is 14.9. The van der Waals surface area contributed by atoms with Gasteiger partial charge in [-0.2, -0.15) is 8.42 Å². The Hall–Kier alpha value is -3.41. The van der Waals surface area contributed by atoms with E-state index in [2.05, 4.69) is 36.4 Å². The molecule has 0 saturated heterocycles. The molecule has 0 amide bonds. The molecule has 0 aromatic heterocycles. The standard InChI is InChI=1S/C24H12O4S/c25-29(26,27)28-18-11-16-8-7-14-4-2-12-1-3-13-5-6-15-9-10-17(18)24-22(15)20(13)19(12)21(14)23(16)24/h1-11H,(H,25,26,27). The Labute approximate surface area is 164 Å². The molecule has 0 aliphatic carbocycles. The van der Waals surface area contributed by atoms with Crippen molar-refractivity contribution in [2.75, 3.05) is 0 Å². The summed E-state index contributed by atoms with van der Waals surface area (Å²) in [5.74, 6) is 0.139. The van der Waals surface area contributed by atoms with Crippen molar-refractivity contribution in [3.63, 3.8) is 0 Å². The first-order valence-corrected chi connectivity index (χ1v) is 10.6. The minimum atomic E-state index is -4.64. The Kier molecular flexibility index (Phi) is 2.55. The van der Waals surface area contributed by atoms with Gasteiger partial charge in [0.1, 0.15) is 0 Å². The van der Waals surface area contributed by atoms with Crippen LogP contribution >= 0.6 is 0 Å². The third-order valence-corrected chi connectivity index (χ3v) is 6.55. The highest BCUT2D eigenvalue weighted by atomic mass is 32.3. The average molecular weight is 396 g/mol. The van der Waals surface area contributed by atoms with Crippen LogP contribution in [0.25, 0.3) is 64.6 Å². The van der Waals surface area contributed by atoms with Crippen LogP contribution in [-0.4, -0.2) is 13.0 Å². The quantitative estimate of drug-likeness (QED) is 0.218. The molecule has 7 aromatic carbocycles. The summed E-state index contributed by atoms with van der Waals surface area (Å²) in [5, 5.41) is 12.9. The monoisotopic (exact) mass is 396 g/mol. The van der Waals surface area contributed by atoms with Gasteiger partial charge in [0.25, 0.3) is 0 Å². The Morgan fingerprint density at radius 2 is 0.931 bits per heavy atom. The second-order valence-corrected chi connectivity index (χ2v) is 8.65. The number of hydrogen-bond acceptors (Lipinski definition) is 3. The molecule has 29 heavy (non-hydrogen) atoms. The second-order valence-electron chi connectivity index (χ2n) is 7.63. The van der Waals surface area contributed by atoms with Gasteiger partial charge >= 0.3 is 10.4 Å². The second kappa shape index (κ2) is 4.76. The van der Waals surface area contributed by atoms with E-state index in [0.29, 0.717) is 5.39 Å². The molecule has 0 saturated carbocycles. The summed E-state index contributed by atoms with van der Waals surface area (Å²) in [6.07, 6.45) is 0. The van der Waals surface area contributed by atoms with Gasteiger partial charge in [-0.1, -0.05) is 54.6 Å². The van der Waals surface area contributed by atoms with Gasteiger partial charge in [-0.25, -0.2) is 0 Å². The predicted octanol–water partition coefficient (Wildman–Crippen LogP) is 6.10. The van der Waals surface area contributed by atoms with E-state index in [1.807, 2.05) is 24.3 Å². The number of benzene rings is 7. The van der Waals surface area contributed by atoms with Gasteiger partial charge in [0.05, 0.1) is 0 Å². The van der Waals surface area contributed by atoms with Gasteiger partial charge in [-0.15, -0.1) is 0 Å². The van der Waals surface area contributed by atoms with Crippen molar-refractivity contribution < 1.29 is 17.2 Å². The molecule has 0 radical (unpaired) electrons. The molecule has 0 atom stereocenters. The van der Waals surface area contributed by atoms with E-state index in [1.54, 1.807) is 6.07 Å². The molecular formula is C24H12O4S. The van der Waals surface area contributed by atoms with Crippen molar-refractivity contribution >= 4 is 75.0 Å². The molecule has 0 aliphatic rings. The number of rotatable bonds is 2. The normalized spacial score (nSPS) is 13.3. The molecule has 0 unspecified atom stereocenters. The fourth-order valence-corrected chi connectivity index (χ4v) is 5.50. The van der Waals surface area contributed by atoms with Crippen LogP contribution in [0, 0.1) is 0 Å². The van der Waals surface area contributed by atoms with E-state index in [9.17, 15) is 13.0 Å². The summed E-state index contributed by atoms with van der Waals surface area (Å²) < 4.78 is 37.3. The molecule has 5 heteroatoms. The summed E-state index contributed by atoms with van der Waals surface area (Å²) in [4.78, 5) is 0. The van der Waals surface area contributed by atoms with Crippen LogP contribution in [0.2, 0.25) is 0 Å². The van der Waals surface area contributed by atoms with Gasteiger partial charge in [0.15, 0.2) is 5.75 Å². The zero-order chi connectivity index (χ0) is 19.5. The first-order chi connectivity index (χ1) is 14.0. The SMILES string of the molecule is O=S(=O)(O)Oc1cc2ccc3ccc4ccc5ccc6ccc1c1c6c5c4c3c21. The molecule has 138 valence electrons. The molecule has 1 N–H and O–H groups in total. The van der Waals surface area contributed by atoms with E-state index in [4.69, 9.17) is 4.18 Å². The van der Waals surface area contributed by atoms with Crippen LogP contribution in [0.15, 0.2) is 66.7 Å². The largest absolute Gasteiger partial charge is 0.446 e. The number of hydrogen-bond donors (Lipinski definition) is 1. The lowest BCUT2D eigenvalue weighted by molar-refractivity contribution is 0.388. The Morgan fingerprint density at radius 3 is 1.41 bits per heavy atom. The Balaban J connectivity index is 1.91. The van der Waals surface area contributed by atoms with Crippen molar-refractivity contribution in [2.45, 2.75) is 0 Å². The average Bonchev–Trinajstić information content (AvgIpc) is 2.70. The molecule has 0 spiro atoms. The van der Waals surface area contributed by atoms with Gasteiger partial charge in [0.2, 0.25) is 0 Å². The summed E-state index contributed by atoms with van der Waals surface area (Å²) in [7, 11) is -4.64. The van der Waals surface area contributed by atoms with Crippen LogP contribution in [0.3, 0.4) is 0 Å². The van der Waals surface area contributed by atoms with E-state index >= 15 is 0 Å². The lowest BCUT2D eigenvalue weighted by Gasteiger charge is -2.21. The van der Waals surface area contributed by atoms with Crippen LogP contribution < -0.4 is 4.18 Å². The van der Waals surface area contributed by atoms with Crippen molar-refractivity contribution in [2.24, 2.45) is 0 Å². The maximum absolute atomic E-state index is 11.5. The summed E-state index contributed by atoms with van der Waals surface area (Å²) in [6, 6.07) is 22.4. The van der Waals surface area contributed by atoms with Crippen molar-refractivity contribution in [1.29, 1.82) is 0 Å². The Morgan fingerprint density at radius 1 is 0.552 bits per heavy atom. The topological polar surface area (TPSA) is 63.6 Å².